The zero-order chi connectivity index (χ0) is 20.7. The van der Waals surface area contributed by atoms with Crippen LogP contribution in [0.1, 0.15) is 22.8 Å². The number of carbonyl (C=O) groups excluding carboxylic acids is 3. The Morgan fingerprint density at radius 1 is 1.11 bits per heavy atom. The predicted molar refractivity (Wildman–Crippen MR) is 111 cm³/mol. The summed E-state index contributed by atoms with van der Waals surface area (Å²) in [6.07, 6.45) is 0.862. The number of likely N-dealkylation sites (N-methyl/N-ethyl adjacent to an activating group) is 1. The number of amides is 2. The summed E-state index contributed by atoms with van der Waals surface area (Å²) in [7, 11) is 1.50. The molecule has 28 heavy (non-hydrogen) atoms. The molecule has 0 unspecified atom stereocenters. The van der Waals surface area contributed by atoms with Crippen molar-refractivity contribution in [3.05, 3.63) is 59.7 Å². The molecule has 0 bridgehead atoms. The molecule has 2 aromatic rings. The van der Waals surface area contributed by atoms with Gasteiger partial charge in [0.2, 0.25) is 5.91 Å². The van der Waals surface area contributed by atoms with Crippen LogP contribution in [0.15, 0.2) is 53.4 Å². The first-order chi connectivity index (χ1) is 13.3. The first kappa shape index (κ1) is 21.5. The van der Waals surface area contributed by atoms with Crippen molar-refractivity contribution in [3.63, 3.8) is 0 Å². The van der Waals surface area contributed by atoms with Crippen molar-refractivity contribution in [1.29, 1.82) is 0 Å². The third-order valence-corrected chi connectivity index (χ3v) is 4.85. The van der Waals surface area contributed by atoms with Crippen LogP contribution in [-0.4, -0.2) is 48.6 Å². The molecular weight excluding hydrogens is 376 g/mol. The van der Waals surface area contributed by atoms with Gasteiger partial charge in [-0.3, -0.25) is 9.59 Å². The molecule has 0 radical (unpaired) electrons. The van der Waals surface area contributed by atoms with E-state index in [4.69, 9.17) is 4.74 Å². The normalized spacial score (nSPS) is 11.4. The maximum Gasteiger partial charge on any atom is 0.340 e. The maximum absolute atomic E-state index is 12.5. The van der Waals surface area contributed by atoms with Crippen LogP contribution in [0.5, 0.6) is 0 Å². The standard InChI is InChI=1S/C21H24N2O4S/c1-14-9-11-16(12-10-14)22-19(24)13-23(3)20(25)15(2)27-21(26)17-7-5-6-8-18(17)28-4/h5-12,15H,13H2,1-4H3,(H,22,24)/t15-/m1/s1. The smallest absolute Gasteiger partial charge is 0.340 e. The van der Waals surface area contributed by atoms with Gasteiger partial charge in [0.25, 0.3) is 5.91 Å². The fourth-order valence-corrected chi connectivity index (χ4v) is 3.11. The van der Waals surface area contributed by atoms with Crippen LogP contribution in [0.25, 0.3) is 0 Å². The minimum atomic E-state index is -1.00. The largest absolute Gasteiger partial charge is 0.449 e. The minimum Gasteiger partial charge on any atom is -0.449 e. The number of carbonyl (C=O) groups is 3. The van der Waals surface area contributed by atoms with Crippen LogP contribution in [0, 0.1) is 6.92 Å². The van der Waals surface area contributed by atoms with Gasteiger partial charge in [-0.25, -0.2) is 4.79 Å². The second kappa shape index (κ2) is 9.94. The Balaban J connectivity index is 1.91. The summed E-state index contributed by atoms with van der Waals surface area (Å²) >= 11 is 1.43. The molecule has 0 aliphatic rings. The van der Waals surface area contributed by atoms with E-state index in [0.29, 0.717) is 11.3 Å². The van der Waals surface area contributed by atoms with E-state index in [1.807, 2.05) is 37.4 Å². The number of hydrogen-bond donors (Lipinski definition) is 1. The predicted octanol–water partition coefficient (Wildman–Crippen LogP) is 3.36. The van der Waals surface area contributed by atoms with Crippen LogP contribution in [0.3, 0.4) is 0 Å². The van der Waals surface area contributed by atoms with Gasteiger partial charge in [0.15, 0.2) is 6.10 Å². The molecule has 0 aliphatic heterocycles. The first-order valence-corrected chi connectivity index (χ1v) is 9.99. The van der Waals surface area contributed by atoms with Crippen molar-refractivity contribution in [2.75, 3.05) is 25.2 Å². The summed E-state index contributed by atoms with van der Waals surface area (Å²) < 4.78 is 5.30. The number of anilines is 1. The van der Waals surface area contributed by atoms with E-state index in [1.165, 1.54) is 30.6 Å². The fraction of sp³-hybridized carbons (Fsp3) is 0.286. The molecule has 6 nitrogen and oxygen atoms in total. The Kier molecular flexibility index (Phi) is 7.63. The molecular formula is C21H24N2O4S. The van der Waals surface area contributed by atoms with Gasteiger partial charge < -0.3 is 15.0 Å². The van der Waals surface area contributed by atoms with Gasteiger partial charge in [-0.1, -0.05) is 29.8 Å². The summed E-state index contributed by atoms with van der Waals surface area (Å²) in [5, 5.41) is 2.73. The van der Waals surface area contributed by atoms with Crippen LogP contribution in [-0.2, 0) is 14.3 Å². The molecule has 7 heteroatoms. The minimum absolute atomic E-state index is 0.143. The average Bonchev–Trinajstić information content (AvgIpc) is 2.68. The highest BCUT2D eigenvalue weighted by atomic mass is 32.2. The number of hydrogen-bond acceptors (Lipinski definition) is 5. The lowest BCUT2D eigenvalue weighted by atomic mass is 10.2. The quantitative estimate of drug-likeness (QED) is 0.570. The Labute approximate surface area is 169 Å². The molecule has 0 aliphatic carbocycles. The summed E-state index contributed by atoms with van der Waals surface area (Å²) in [5.74, 6) is -1.34. The number of rotatable bonds is 7. The number of esters is 1. The monoisotopic (exact) mass is 400 g/mol. The molecule has 2 amide bonds. The van der Waals surface area contributed by atoms with Crippen LogP contribution in [0.4, 0.5) is 5.69 Å². The zero-order valence-corrected chi connectivity index (χ0v) is 17.2. The van der Waals surface area contributed by atoms with Crippen molar-refractivity contribution in [1.82, 2.24) is 4.90 Å². The Morgan fingerprint density at radius 2 is 1.75 bits per heavy atom. The summed E-state index contributed by atoms with van der Waals surface area (Å²) in [4.78, 5) is 39.0. The van der Waals surface area contributed by atoms with E-state index >= 15 is 0 Å². The zero-order valence-electron chi connectivity index (χ0n) is 16.4. The molecule has 0 saturated heterocycles. The van der Waals surface area contributed by atoms with Gasteiger partial charge in [-0.05, 0) is 44.4 Å². The van der Waals surface area contributed by atoms with Crippen molar-refractivity contribution < 1.29 is 19.1 Å². The Hall–Kier alpha value is -2.80. The number of benzene rings is 2. The molecule has 0 aromatic heterocycles. The van der Waals surface area contributed by atoms with Gasteiger partial charge >= 0.3 is 5.97 Å². The van der Waals surface area contributed by atoms with E-state index < -0.39 is 18.0 Å². The van der Waals surface area contributed by atoms with Crippen LogP contribution >= 0.6 is 11.8 Å². The van der Waals surface area contributed by atoms with Crippen molar-refractivity contribution in [2.45, 2.75) is 24.8 Å². The van der Waals surface area contributed by atoms with Crippen molar-refractivity contribution >= 4 is 35.2 Å². The molecule has 0 spiro atoms. The van der Waals surface area contributed by atoms with E-state index in [2.05, 4.69) is 5.32 Å². The lowest BCUT2D eigenvalue weighted by Gasteiger charge is -2.21. The number of ether oxygens (including phenoxy) is 1. The number of thioether (sulfide) groups is 1. The van der Waals surface area contributed by atoms with E-state index in [-0.39, 0.29) is 12.5 Å². The number of nitrogens with zero attached hydrogens (tertiary/aromatic N) is 1. The van der Waals surface area contributed by atoms with Gasteiger partial charge in [0.05, 0.1) is 12.1 Å². The molecule has 2 aromatic carbocycles. The highest BCUT2D eigenvalue weighted by Gasteiger charge is 2.24. The second-order valence-corrected chi connectivity index (χ2v) is 7.20. The van der Waals surface area contributed by atoms with Crippen LogP contribution < -0.4 is 5.32 Å². The lowest BCUT2D eigenvalue weighted by Crippen LogP contribution is -2.41. The van der Waals surface area contributed by atoms with E-state index in [0.717, 1.165) is 10.5 Å². The Bertz CT molecular complexity index is 852. The molecule has 1 atom stereocenters. The highest BCUT2D eigenvalue weighted by molar-refractivity contribution is 7.98. The molecule has 148 valence electrons. The second-order valence-electron chi connectivity index (χ2n) is 6.36. The van der Waals surface area contributed by atoms with Gasteiger partial charge in [0.1, 0.15) is 0 Å². The fourth-order valence-electron chi connectivity index (χ4n) is 2.53. The van der Waals surface area contributed by atoms with Gasteiger partial charge in [0, 0.05) is 17.6 Å². The number of nitrogens with one attached hydrogen (secondary N) is 1. The van der Waals surface area contributed by atoms with Crippen molar-refractivity contribution in [3.8, 4) is 0 Å². The molecule has 0 saturated carbocycles. The van der Waals surface area contributed by atoms with Crippen molar-refractivity contribution in [2.24, 2.45) is 0 Å². The summed E-state index contributed by atoms with van der Waals surface area (Å²) in [5.41, 5.74) is 2.16. The molecule has 0 fully saturated rings. The first-order valence-electron chi connectivity index (χ1n) is 8.77. The molecule has 1 N–H and O–H groups in total. The SMILES string of the molecule is CSc1ccccc1C(=O)O[C@H](C)C(=O)N(C)CC(=O)Nc1ccc(C)cc1. The number of aryl methyl sites for hydroxylation is 1. The van der Waals surface area contributed by atoms with Crippen LogP contribution in [0.2, 0.25) is 0 Å². The maximum atomic E-state index is 12.5. The van der Waals surface area contributed by atoms with E-state index in [9.17, 15) is 14.4 Å². The summed E-state index contributed by atoms with van der Waals surface area (Å²) in [6, 6.07) is 14.4. The third-order valence-electron chi connectivity index (χ3n) is 4.05. The lowest BCUT2D eigenvalue weighted by molar-refractivity contribution is -0.140. The van der Waals surface area contributed by atoms with Gasteiger partial charge in [-0.15, -0.1) is 11.8 Å². The molecule has 2 rings (SSSR count). The topological polar surface area (TPSA) is 75.7 Å². The van der Waals surface area contributed by atoms with E-state index in [1.54, 1.807) is 24.3 Å². The van der Waals surface area contributed by atoms with Gasteiger partial charge in [-0.2, -0.15) is 0 Å². The third kappa shape index (κ3) is 5.85. The average molecular weight is 401 g/mol. The summed E-state index contributed by atoms with van der Waals surface area (Å²) in [6.45, 7) is 3.31. The molecule has 0 heterocycles. The highest BCUT2D eigenvalue weighted by Crippen LogP contribution is 2.21. The Morgan fingerprint density at radius 3 is 2.39 bits per heavy atom.